The molecule has 0 spiro atoms. The summed E-state index contributed by atoms with van der Waals surface area (Å²) < 4.78 is 13.0. The largest absolute Gasteiger partial charge is 0.393 e. The van der Waals surface area contributed by atoms with E-state index in [0.29, 0.717) is 8.46 Å². The highest BCUT2D eigenvalue weighted by Gasteiger charge is 2.41. The second-order valence-electron chi connectivity index (χ2n) is 5.45. The van der Waals surface area contributed by atoms with Crippen molar-refractivity contribution in [3.8, 4) is 0 Å². The van der Waals surface area contributed by atoms with Gasteiger partial charge < -0.3 is 14.2 Å². The van der Waals surface area contributed by atoms with Crippen LogP contribution in [0.25, 0.3) is 0 Å². The molecular formula is C13H12BIO9P. The summed E-state index contributed by atoms with van der Waals surface area (Å²) in [5.74, 6) is -4.37. The molecule has 0 aliphatic carbocycles. The molecule has 0 bridgehead atoms. The molecule has 4 atom stereocenters. The first-order chi connectivity index (χ1) is 11.8. The number of ether oxygens (including phenoxy) is 3. The van der Waals surface area contributed by atoms with Crippen LogP contribution >= 0.6 is 30.8 Å². The van der Waals surface area contributed by atoms with Crippen molar-refractivity contribution in [2.45, 2.75) is 31.3 Å². The molecule has 0 aromatic carbocycles. The molecule has 0 aromatic heterocycles. The summed E-state index contributed by atoms with van der Waals surface area (Å²) in [6.07, 6.45) is 0.375. The Morgan fingerprint density at radius 1 is 0.800 bits per heavy atom. The van der Waals surface area contributed by atoms with Crippen LogP contribution in [0.3, 0.4) is 0 Å². The van der Waals surface area contributed by atoms with Gasteiger partial charge in [0.05, 0.1) is 36.8 Å². The lowest BCUT2D eigenvalue weighted by atomic mass is 9.92. The average Bonchev–Trinajstić information content (AvgIpc) is 3.11. The van der Waals surface area contributed by atoms with Gasteiger partial charge in [0.1, 0.15) is 0 Å². The number of hydrogen-bond donors (Lipinski definition) is 0. The van der Waals surface area contributed by atoms with Gasteiger partial charge in [-0.25, -0.2) is 0 Å². The third-order valence-electron chi connectivity index (χ3n) is 3.62. The lowest BCUT2D eigenvalue weighted by Gasteiger charge is -2.06. The highest BCUT2D eigenvalue weighted by atomic mass is 127. The second-order valence-corrected chi connectivity index (χ2v) is 8.57. The van der Waals surface area contributed by atoms with Crippen LogP contribution in [0.5, 0.6) is 0 Å². The van der Waals surface area contributed by atoms with Gasteiger partial charge in [-0.3, -0.25) is 28.8 Å². The lowest BCUT2D eigenvalue weighted by Crippen LogP contribution is -2.16. The topological polar surface area (TPSA) is 130 Å². The zero-order valence-electron chi connectivity index (χ0n) is 12.7. The van der Waals surface area contributed by atoms with E-state index in [1.54, 1.807) is 0 Å². The Bertz CT molecular complexity index is 603. The van der Waals surface area contributed by atoms with Gasteiger partial charge in [0.15, 0.2) is 0 Å². The molecule has 9 nitrogen and oxygen atoms in total. The third kappa shape index (κ3) is 5.57. The highest BCUT2D eigenvalue weighted by molar-refractivity contribution is 14.1. The van der Waals surface area contributed by atoms with E-state index < -0.39 is 35.7 Å². The van der Waals surface area contributed by atoms with E-state index in [0.717, 1.165) is 0 Å². The summed E-state index contributed by atoms with van der Waals surface area (Å²) in [6.45, 7) is 0. The summed E-state index contributed by atoms with van der Waals surface area (Å²) in [6, 6.07) is 0. The minimum absolute atomic E-state index is 0.0171. The molecule has 12 heteroatoms. The van der Waals surface area contributed by atoms with Gasteiger partial charge in [-0.15, -0.1) is 8.46 Å². The molecule has 3 aliphatic heterocycles. The maximum Gasteiger partial charge on any atom is 0.320 e. The zero-order chi connectivity index (χ0) is 18.6. The van der Waals surface area contributed by atoms with Crippen molar-refractivity contribution < 1.29 is 43.0 Å². The summed E-state index contributed by atoms with van der Waals surface area (Å²) in [5.41, 5.74) is -0.190. The van der Waals surface area contributed by atoms with Crippen LogP contribution in [0.15, 0.2) is 0 Å². The van der Waals surface area contributed by atoms with Gasteiger partial charge in [-0.05, 0) is 6.42 Å². The fraction of sp³-hybridized carbons (Fsp3) is 0.538. The minimum Gasteiger partial charge on any atom is -0.393 e. The van der Waals surface area contributed by atoms with E-state index in [2.05, 4.69) is 36.6 Å². The number of hydrogen-bond acceptors (Lipinski definition) is 9. The summed E-state index contributed by atoms with van der Waals surface area (Å²) in [7, 11) is 0.401. The minimum atomic E-state index is -0.618. The molecule has 25 heavy (non-hydrogen) atoms. The molecule has 0 N–H and O–H groups in total. The molecule has 133 valence electrons. The molecule has 3 heterocycles. The predicted octanol–water partition coefficient (Wildman–Crippen LogP) is 0.0321. The van der Waals surface area contributed by atoms with Crippen LogP contribution in [0.2, 0.25) is 0 Å². The molecule has 3 fully saturated rings. The fourth-order valence-corrected chi connectivity index (χ4v) is 4.36. The van der Waals surface area contributed by atoms with Crippen molar-refractivity contribution in [3.63, 3.8) is 0 Å². The van der Waals surface area contributed by atoms with E-state index in [4.69, 9.17) is 0 Å². The van der Waals surface area contributed by atoms with Crippen molar-refractivity contribution >= 4 is 71.5 Å². The highest BCUT2D eigenvalue weighted by Crippen LogP contribution is 2.29. The van der Waals surface area contributed by atoms with Crippen LogP contribution in [0.4, 0.5) is 0 Å². The number of rotatable bonds is 4. The van der Waals surface area contributed by atoms with Gasteiger partial charge in [0, 0.05) is 0 Å². The molecule has 3 rings (SSSR count). The number of esters is 6. The molecule has 0 aromatic rings. The van der Waals surface area contributed by atoms with Crippen molar-refractivity contribution in [1.82, 2.24) is 0 Å². The van der Waals surface area contributed by atoms with Crippen LogP contribution in [-0.2, 0) is 43.0 Å². The average molecular weight is 481 g/mol. The van der Waals surface area contributed by atoms with Crippen LogP contribution in [-0.4, -0.2) is 46.3 Å². The maximum atomic E-state index is 11.1. The number of cyclic esters (lactones) is 6. The standard InChI is InChI=1S/C9H8O6.C4H4BIO3P/c10-6-2-4(8(12)14-6)1-5-3-7(11)15-9(5)13;6-5-10-2-1-3(7)9-4(2)8/h4-5H,1-3H2;2,10H,1H2. The van der Waals surface area contributed by atoms with Gasteiger partial charge in [-0.2, -0.15) is 22.4 Å². The second kappa shape index (κ2) is 8.84. The molecular weight excluding hydrogens is 469 g/mol. The summed E-state index contributed by atoms with van der Waals surface area (Å²) >= 11 is 2.06. The van der Waals surface area contributed by atoms with Crippen molar-refractivity contribution in [1.29, 1.82) is 0 Å². The first kappa shape index (κ1) is 20.0. The molecule has 4 unspecified atom stereocenters. The van der Waals surface area contributed by atoms with Crippen molar-refractivity contribution in [2.24, 2.45) is 11.8 Å². The molecule has 3 saturated heterocycles. The Labute approximate surface area is 157 Å². The molecule has 0 saturated carbocycles. The first-order valence-electron chi connectivity index (χ1n) is 7.21. The Balaban J connectivity index is 0.000000196. The van der Waals surface area contributed by atoms with E-state index in [9.17, 15) is 28.8 Å². The summed E-state index contributed by atoms with van der Waals surface area (Å²) in [5, 5.41) is 0. The van der Waals surface area contributed by atoms with Crippen molar-refractivity contribution in [3.05, 3.63) is 0 Å². The Morgan fingerprint density at radius 3 is 1.56 bits per heavy atom. The zero-order valence-corrected chi connectivity index (χ0v) is 15.8. The number of carbonyl (C=O) groups is 6. The van der Waals surface area contributed by atoms with Crippen LogP contribution in [0, 0.1) is 11.8 Å². The Hall–Kier alpha value is -1.36. The van der Waals surface area contributed by atoms with E-state index in [1.165, 1.54) is 0 Å². The number of halogens is 1. The van der Waals surface area contributed by atoms with Crippen LogP contribution < -0.4 is 0 Å². The molecule has 3 aliphatic rings. The smallest absolute Gasteiger partial charge is 0.320 e. The van der Waals surface area contributed by atoms with E-state index >= 15 is 0 Å². The molecule has 0 amide bonds. The lowest BCUT2D eigenvalue weighted by molar-refractivity contribution is -0.154. The molecule has 1 radical (unpaired) electrons. The first-order valence-corrected chi connectivity index (χ1v) is 9.61. The number of carbonyl (C=O) groups excluding carboxylic acids is 6. The van der Waals surface area contributed by atoms with Crippen molar-refractivity contribution in [2.75, 3.05) is 0 Å². The predicted molar refractivity (Wildman–Crippen MR) is 90.6 cm³/mol. The van der Waals surface area contributed by atoms with Crippen LogP contribution in [0.1, 0.15) is 25.7 Å². The third-order valence-corrected chi connectivity index (χ3v) is 5.67. The van der Waals surface area contributed by atoms with E-state index in [-0.39, 0.29) is 43.3 Å². The Morgan fingerprint density at radius 2 is 1.24 bits per heavy atom. The van der Waals surface area contributed by atoms with Gasteiger partial charge in [-0.1, -0.05) is 0 Å². The normalized spacial score (nSPS) is 28.8. The monoisotopic (exact) mass is 481 g/mol. The van der Waals surface area contributed by atoms with E-state index in [1.807, 2.05) is 4.86 Å². The SMILES string of the molecule is O=C1CC(CC2CC(=O)OC2=O)C(=O)O1.O=C1CC(P[B]I)C(=O)O1. The van der Waals surface area contributed by atoms with Gasteiger partial charge >= 0.3 is 35.8 Å². The van der Waals surface area contributed by atoms with Gasteiger partial charge in [0.2, 0.25) is 4.86 Å². The van der Waals surface area contributed by atoms with Gasteiger partial charge in [0.25, 0.3) is 0 Å². The maximum absolute atomic E-state index is 11.1. The summed E-state index contributed by atoms with van der Waals surface area (Å²) in [4.78, 5) is 66.7. The Kier molecular flexibility index (Phi) is 7.06. The quantitative estimate of drug-likeness (QED) is 0.136. The fourth-order valence-electron chi connectivity index (χ4n) is 2.42.